The number of carbonyl (C=O) groups excluding carboxylic acids is 1. The van der Waals surface area contributed by atoms with E-state index in [1.54, 1.807) is 6.07 Å². The fourth-order valence-corrected chi connectivity index (χ4v) is 2.31. The molecular weight excluding hydrogens is 284 g/mol. The van der Waals surface area contributed by atoms with Gasteiger partial charge in [0, 0.05) is 23.2 Å². The third-order valence-electron chi connectivity index (χ3n) is 3.60. The lowest BCUT2D eigenvalue weighted by Crippen LogP contribution is -2.19. The minimum atomic E-state index is -0.396. The van der Waals surface area contributed by atoms with Crippen molar-refractivity contribution in [3.8, 4) is 0 Å². The van der Waals surface area contributed by atoms with Gasteiger partial charge in [0.15, 0.2) is 0 Å². The lowest BCUT2D eigenvalue weighted by atomic mass is 10.0. The predicted octanol–water partition coefficient (Wildman–Crippen LogP) is 3.60. The molecular formula is C17H19ClN2O. The molecule has 1 unspecified atom stereocenters. The van der Waals surface area contributed by atoms with Crippen LogP contribution in [0.5, 0.6) is 0 Å². The van der Waals surface area contributed by atoms with E-state index in [1.165, 1.54) is 5.56 Å². The number of benzene rings is 2. The molecule has 0 fully saturated rings. The number of amides is 1. The number of rotatable bonds is 5. The highest BCUT2D eigenvalue weighted by atomic mass is 35.5. The van der Waals surface area contributed by atoms with Crippen molar-refractivity contribution >= 4 is 17.5 Å². The van der Waals surface area contributed by atoms with Gasteiger partial charge in [-0.1, -0.05) is 29.8 Å². The Balaban J connectivity index is 2.02. The summed E-state index contributed by atoms with van der Waals surface area (Å²) >= 11 is 5.89. The van der Waals surface area contributed by atoms with Crippen LogP contribution < -0.4 is 11.1 Å². The SMILES string of the molecule is Cc1cc(C(N)=O)ccc1CNC(C)c1ccc(Cl)cc1. The lowest BCUT2D eigenvalue weighted by Gasteiger charge is -2.16. The summed E-state index contributed by atoms with van der Waals surface area (Å²) in [5, 5.41) is 4.20. The molecule has 4 heteroatoms. The van der Waals surface area contributed by atoms with Crippen molar-refractivity contribution in [2.45, 2.75) is 26.4 Å². The molecule has 0 aliphatic carbocycles. The van der Waals surface area contributed by atoms with E-state index in [9.17, 15) is 4.79 Å². The van der Waals surface area contributed by atoms with Crippen molar-refractivity contribution < 1.29 is 4.79 Å². The number of aryl methyl sites for hydroxylation is 1. The van der Waals surface area contributed by atoms with Crippen LogP contribution >= 0.6 is 11.6 Å². The number of carbonyl (C=O) groups is 1. The average Bonchev–Trinajstić information content (AvgIpc) is 2.46. The molecule has 0 spiro atoms. The van der Waals surface area contributed by atoms with Gasteiger partial charge in [-0.15, -0.1) is 0 Å². The Morgan fingerprint density at radius 2 is 1.90 bits per heavy atom. The van der Waals surface area contributed by atoms with E-state index in [0.29, 0.717) is 5.56 Å². The summed E-state index contributed by atoms with van der Waals surface area (Å²) in [7, 11) is 0. The van der Waals surface area contributed by atoms with Crippen LogP contribution in [0.2, 0.25) is 5.02 Å². The number of nitrogens with two attached hydrogens (primary N) is 1. The fourth-order valence-electron chi connectivity index (χ4n) is 2.18. The van der Waals surface area contributed by atoms with Gasteiger partial charge < -0.3 is 11.1 Å². The van der Waals surface area contributed by atoms with E-state index in [4.69, 9.17) is 17.3 Å². The summed E-state index contributed by atoms with van der Waals surface area (Å²) < 4.78 is 0. The van der Waals surface area contributed by atoms with Gasteiger partial charge >= 0.3 is 0 Å². The molecule has 0 saturated carbocycles. The van der Waals surface area contributed by atoms with E-state index in [0.717, 1.165) is 22.7 Å². The molecule has 2 rings (SSSR count). The molecule has 0 saturated heterocycles. The van der Waals surface area contributed by atoms with Crippen molar-refractivity contribution in [1.29, 1.82) is 0 Å². The first kappa shape index (κ1) is 15.5. The summed E-state index contributed by atoms with van der Waals surface area (Å²) in [6, 6.07) is 13.6. The van der Waals surface area contributed by atoms with Crippen LogP contribution in [0.3, 0.4) is 0 Å². The van der Waals surface area contributed by atoms with E-state index < -0.39 is 5.91 Å². The van der Waals surface area contributed by atoms with Gasteiger partial charge in [-0.2, -0.15) is 0 Å². The van der Waals surface area contributed by atoms with Crippen LogP contribution in [0.4, 0.5) is 0 Å². The molecule has 0 bridgehead atoms. The maximum Gasteiger partial charge on any atom is 0.248 e. The second-order valence-corrected chi connectivity index (χ2v) is 5.60. The molecule has 0 heterocycles. The molecule has 2 aromatic carbocycles. The molecule has 0 radical (unpaired) electrons. The van der Waals surface area contributed by atoms with Crippen molar-refractivity contribution in [2.24, 2.45) is 5.73 Å². The summed E-state index contributed by atoms with van der Waals surface area (Å²) in [5.74, 6) is -0.396. The zero-order valence-electron chi connectivity index (χ0n) is 12.2. The number of hydrogen-bond acceptors (Lipinski definition) is 2. The largest absolute Gasteiger partial charge is 0.366 e. The van der Waals surface area contributed by atoms with Crippen LogP contribution in [0.15, 0.2) is 42.5 Å². The van der Waals surface area contributed by atoms with Crippen LogP contribution in [-0.4, -0.2) is 5.91 Å². The van der Waals surface area contributed by atoms with Gasteiger partial charge in [0.05, 0.1) is 0 Å². The van der Waals surface area contributed by atoms with Crippen LogP contribution in [0, 0.1) is 6.92 Å². The Hall–Kier alpha value is -1.84. The van der Waals surface area contributed by atoms with E-state index in [-0.39, 0.29) is 6.04 Å². The minimum Gasteiger partial charge on any atom is -0.366 e. The molecule has 1 atom stereocenters. The zero-order valence-corrected chi connectivity index (χ0v) is 12.9. The first-order valence-electron chi connectivity index (χ1n) is 6.85. The van der Waals surface area contributed by atoms with Crippen molar-refractivity contribution in [3.63, 3.8) is 0 Å². The fraction of sp³-hybridized carbons (Fsp3) is 0.235. The quantitative estimate of drug-likeness (QED) is 0.886. The van der Waals surface area contributed by atoms with Crippen LogP contribution in [0.1, 0.15) is 40.0 Å². The highest BCUT2D eigenvalue weighted by Gasteiger charge is 2.07. The number of primary amides is 1. The molecule has 3 N–H and O–H groups in total. The topological polar surface area (TPSA) is 55.1 Å². The highest BCUT2D eigenvalue weighted by molar-refractivity contribution is 6.30. The maximum absolute atomic E-state index is 11.1. The van der Waals surface area contributed by atoms with Gasteiger partial charge in [-0.3, -0.25) is 4.79 Å². The van der Waals surface area contributed by atoms with E-state index in [1.807, 2.05) is 43.3 Å². The Morgan fingerprint density at radius 1 is 1.24 bits per heavy atom. The molecule has 3 nitrogen and oxygen atoms in total. The molecule has 0 aromatic heterocycles. The molecule has 110 valence electrons. The monoisotopic (exact) mass is 302 g/mol. The van der Waals surface area contributed by atoms with Gasteiger partial charge in [0.1, 0.15) is 0 Å². The average molecular weight is 303 g/mol. The van der Waals surface area contributed by atoms with Gasteiger partial charge in [-0.05, 0) is 54.8 Å². The second-order valence-electron chi connectivity index (χ2n) is 5.16. The smallest absolute Gasteiger partial charge is 0.248 e. The maximum atomic E-state index is 11.1. The first-order chi connectivity index (χ1) is 9.97. The van der Waals surface area contributed by atoms with Crippen molar-refractivity contribution in [3.05, 3.63) is 69.7 Å². The summed E-state index contributed by atoms with van der Waals surface area (Å²) in [4.78, 5) is 11.1. The second kappa shape index (κ2) is 6.74. The summed E-state index contributed by atoms with van der Waals surface area (Å²) in [6.45, 7) is 4.82. The Kier molecular flexibility index (Phi) is 4.99. The predicted molar refractivity (Wildman–Crippen MR) is 86.4 cm³/mol. The van der Waals surface area contributed by atoms with Crippen molar-refractivity contribution in [2.75, 3.05) is 0 Å². The Morgan fingerprint density at radius 3 is 2.48 bits per heavy atom. The van der Waals surface area contributed by atoms with Gasteiger partial charge in [0.2, 0.25) is 5.91 Å². The third-order valence-corrected chi connectivity index (χ3v) is 3.85. The normalized spacial score (nSPS) is 12.1. The van der Waals surface area contributed by atoms with E-state index >= 15 is 0 Å². The standard InChI is InChI=1S/C17H19ClN2O/c1-11-9-14(17(19)21)3-4-15(11)10-20-12(2)13-5-7-16(18)8-6-13/h3-9,12,20H,10H2,1-2H3,(H2,19,21). The number of hydrogen-bond donors (Lipinski definition) is 2. The van der Waals surface area contributed by atoms with Crippen LogP contribution in [-0.2, 0) is 6.54 Å². The molecule has 2 aromatic rings. The van der Waals surface area contributed by atoms with E-state index in [2.05, 4.69) is 12.2 Å². The number of halogens is 1. The minimum absolute atomic E-state index is 0.220. The molecule has 0 aliphatic heterocycles. The lowest BCUT2D eigenvalue weighted by molar-refractivity contribution is 0.1000. The van der Waals surface area contributed by atoms with Crippen LogP contribution in [0.25, 0.3) is 0 Å². The summed E-state index contributed by atoms with van der Waals surface area (Å²) in [6.07, 6.45) is 0. The Bertz CT molecular complexity index is 638. The highest BCUT2D eigenvalue weighted by Crippen LogP contribution is 2.17. The zero-order chi connectivity index (χ0) is 15.4. The summed E-state index contributed by atoms with van der Waals surface area (Å²) in [5.41, 5.74) is 9.22. The van der Waals surface area contributed by atoms with Crippen molar-refractivity contribution in [1.82, 2.24) is 5.32 Å². The molecule has 21 heavy (non-hydrogen) atoms. The first-order valence-corrected chi connectivity index (χ1v) is 7.23. The molecule has 1 amide bonds. The van der Waals surface area contributed by atoms with Gasteiger partial charge in [0.25, 0.3) is 0 Å². The molecule has 0 aliphatic rings. The third kappa shape index (κ3) is 4.06. The van der Waals surface area contributed by atoms with Gasteiger partial charge in [-0.25, -0.2) is 0 Å². The Labute approximate surface area is 130 Å². The number of nitrogens with one attached hydrogen (secondary N) is 1.